The lowest BCUT2D eigenvalue weighted by atomic mass is 10.0. The average Bonchev–Trinajstić information content (AvgIpc) is 2.82. The number of para-hydroxylation sites is 3. The fourth-order valence-electron chi connectivity index (χ4n) is 3.30. The van der Waals surface area contributed by atoms with E-state index in [9.17, 15) is 14.4 Å². The number of ether oxygens (including phenoxy) is 2. The predicted molar refractivity (Wildman–Crippen MR) is 120 cm³/mol. The molecule has 0 spiro atoms. The molecule has 0 unspecified atom stereocenters. The van der Waals surface area contributed by atoms with Gasteiger partial charge in [0.05, 0.1) is 11.4 Å². The Morgan fingerprint density at radius 2 is 1.75 bits per heavy atom. The number of hydrogen-bond donors (Lipinski definition) is 1. The number of carbonyl (C=O) groups is 3. The second kappa shape index (κ2) is 9.34. The minimum Gasteiger partial charge on any atom is -0.482 e. The average molecular weight is 430 g/mol. The molecule has 0 saturated carbocycles. The Morgan fingerprint density at radius 3 is 2.56 bits per heavy atom. The summed E-state index contributed by atoms with van der Waals surface area (Å²) in [6.45, 7) is -0.0214. The molecule has 3 aromatic rings. The number of amides is 2. The lowest BCUT2D eigenvalue weighted by Gasteiger charge is -2.26. The number of nitrogens with zero attached hydrogens (tertiary/aromatic N) is 1. The molecule has 2 amide bonds. The van der Waals surface area contributed by atoms with Crippen molar-refractivity contribution in [2.45, 2.75) is 12.8 Å². The van der Waals surface area contributed by atoms with Gasteiger partial charge < -0.3 is 19.7 Å². The van der Waals surface area contributed by atoms with Gasteiger partial charge in [0.2, 0.25) is 5.91 Å². The van der Waals surface area contributed by atoms with E-state index in [0.29, 0.717) is 34.2 Å². The summed E-state index contributed by atoms with van der Waals surface area (Å²) >= 11 is 0. The number of Topliss-reactive ketones (excluding diaryl/α,β-unsaturated/α-hetero) is 1. The van der Waals surface area contributed by atoms with E-state index in [1.807, 2.05) is 36.4 Å². The molecule has 1 N–H and O–H groups in total. The van der Waals surface area contributed by atoms with Gasteiger partial charge in [0.1, 0.15) is 11.5 Å². The maximum absolute atomic E-state index is 12.6. The van der Waals surface area contributed by atoms with Crippen LogP contribution in [0.5, 0.6) is 17.2 Å². The molecule has 1 aliphatic heterocycles. The third-order valence-corrected chi connectivity index (χ3v) is 5.08. The Kier molecular flexibility index (Phi) is 6.17. The molecule has 3 aromatic carbocycles. The molecule has 0 bridgehead atoms. The van der Waals surface area contributed by atoms with Gasteiger partial charge in [-0.05, 0) is 42.5 Å². The van der Waals surface area contributed by atoms with Crippen molar-refractivity contribution in [1.29, 1.82) is 0 Å². The van der Waals surface area contributed by atoms with E-state index in [4.69, 9.17) is 9.47 Å². The van der Waals surface area contributed by atoms with Crippen LogP contribution in [0.1, 0.15) is 23.2 Å². The standard InChI is InChI=1S/C25H22N2O5/c1-27-20-15-17(11-13-23(20)31-16-25(27)30)21(28)12-14-24(29)26-19-9-5-6-10-22(19)32-18-7-3-2-4-8-18/h2-11,13,15H,12,14,16H2,1H3,(H,26,29). The van der Waals surface area contributed by atoms with E-state index in [1.165, 1.54) is 4.90 Å². The van der Waals surface area contributed by atoms with Crippen molar-refractivity contribution in [3.05, 3.63) is 78.4 Å². The van der Waals surface area contributed by atoms with Crippen LogP contribution in [0.3, 0.4) is 0 Å². The first-order valence-electron chi connectivity index (χ1n) is 10.2. The molecule has 1 heterocycles. The number of hydrogen-bond acceptors (Lipinski definition) is 5. The summed E-state index contributed by atoms with van der Waals surface area (Å²) < 4.78 is 11.2. The Balaban J connectivity index is 1.38. The van der Waals surface area contributed by atoms with Gasteiger partial charge in [-0.2, -0.15) is 0 Å². The zero-order valence-electron chi connectivity index (χ0n) is 17.5. The highest BCUT2D eigenvalue weighted by Gasteiger charge is 2.23. The van der Waals surface area contributed by atoms with E-state index >= 15 is 0 Å². The number of ketones is 1. The van der Waals surface area contributed by atoms with Gasteiger partial charge in [0.25, 0.3) is 5.91 Å². The summed E-state index contributed by atoms with van der Waals surface area (Å²) in [4.78, 5) is 38.4. The summed E-state index contributed by atoms with van der Waals surface area (Å²) in [5.74, 6) is 1.05. The van der Waals surface area contributed by atoms with Gasteiger partial charge in [0, 0.05) is 25.5 Å². The quantitative estimate of drug-likeness (QED) is 0.561. The lowest BCUT2D eigenvalue weighted by molar-refractivity contribution is -0.121. The van der Waals surface area contributed by atoms with Crippen LogP contribution in [0.2, 0.25) is 0 Å². The van der Waals surface area contributed by atoms with Gasteiger partial charge >= 0.3 is 0 Å². The van der Waals surface area contributed by atoms with Gasteiger partial charge in [-0.15, -0.1) is 0 Å². The molecule has 0 aromatic heterocycles. The van der Waals surface area contributed by atoms with Crippen LogP contribution in [-0.2, 0) is 9.59 Å². The number of fused-ring (bicyclic) bond motifs is 1. The summed E-state index contributed by atoms with van der Waals surface area (Å²) in [7, 11) is 1.64. The molecule has 0 atom stereocenters. The minimum absolute atomic E-state index is 0.0147. The normalized spacial score (nSPS) is 12.5. The summed E-state index contributed by atoms with van der Waals surface area (Å²) in [5.41, 5.74) is 1.50. The van der Waals surface area contributed by atoms with Crippen molar-refractivity contribution in [3.8, 4) is 17.2 Å². The molecule has 7 heteroatoms. The van der Waals surface area contributed by atoms with E-state index in [1.54, 1.807) is 43.4 Å². The first-order valence-corrected chi connectivity index (χ1v) is 10.2. The molecule has 32 heavy (non-hydrogen) atoms. The number of anilines is 2. The van der Waals surface area contributed by atoms with Crippen molar-refractivity contribution in [3.63, 3.8) is 0 Å². The molecule has 0 aliphatic carbocycles. The third-order valence-electron chi connectivity index (χ3n) is 5.08. The van der Waals surface area contributed by atoms with Crippen molar-refractivity contribution in [2.75, 3.05) is 23.9 Å². The van der Waals surface area contributed by atoms with Gasteiger partial charge in [-0.25, -0.2) is 0 Å². The summed E-state index contributed by atoms with van der Waals surface area (Å²) in [6, 6.07) is 21.3. The van der Waals surface area contributed by atoms with Crippen LogP contribution in [0.25, 0.3) is 0 Å². The Morgan fingerprint density at radius 1 is 1.00 bits per heavy atom. The number of nitrogens with one attached hydrogen (secondary N) is 1. The number of likely N-dealkylation sites (N-methyl/N-ethyl adjacent to an activating group) is 1. The molecular weight excluding hydrogens is 408 g/mol. The maximum atomic E-state index is 12.6. The molecule has 0 saturated heterocycles. The molecule has 7 nitrogen and oxygen atoms in total. The number of benzene rings is 3. The molecule has 0 radical (unpaired) electrons. The zero-order valence-corrected chi connectivity index (χ0v) is 17.5. The van der Waals surface area contributed by atoms with E-state index in [2.05, 4.69) is 5.32 Å². The Bertz CT molecular complexity index is 1160. The van der Waals surface area contributed by atoms with Crippen LogP contribution in [0.15, 0.2) is 72.8 Å². The highest BCUT2D eigenvalue weighted by Crippen LogP contribution is 2.32. The van der Waals surface area contributed by atoms with Crippen LogP contribution in [0, 0.1) is 0 Å². The van der Waals surface area contributed by atoms with Crippen molar-refractivity contribution >= 4 is 29.0 Å². The van der Waals surface area contributed by atoms with Crippen LogP contribution in [0.4, 0.5) is 11.4 Å². The van der Waals surface area contributed by atoms with Crippen LogP contribution >= 0.6 is 0 Å². The molecular formula is C25H22N2O5. The largest absolute Gasteiger partial charge is 0.482 e. The first-order chi connectivity index (χ1) is 15.5. The topological polar surface area (TPSA) is 84.9 Å². The number of rotatable bonds is 7. The SMILES string of the molecule is CN1C(=O)COc2ccc(C(=O)CCC(=O)Nc3ccccc3Oc3ccccc3)cc21. The highest BCUT2D eigenvalue weighted by molar-refractivity contribution is 6.03. The Hall–Kier alpha value is -4.13. The lowest BCUT2D eigenvalue weighted by Crippen LogP contribution is -2.35. The zero-order chi connectivity index (χ0) is 22.5. The van der Waals surface area contributed by atoms with Crippen molar-refractivity contribution in [1.82, 2.24) is 0 Å². The van der Waals surface area contributed by atoms with Gasteiger partial charge in [-0.1, -0.05) is 30.3 Å². The molecule has 162 valence electrons. The second-order valence-corrected chi connectivity index (χ2v) is 7.31. The Labute approximate surface area is 185 Å². The van der Waals surface area contributed by atoms with E-state index < -0.39 is 0 Å². The monoisotopic (exact) mass is 430 g/mol. The fourth-order valence-corrected chi connectivity index (χ4v) is 3.30. The van der Waals surface area contributed by atoms with Gasteiger partial charge in [-0.3, -0.25) is 14.4 Å². The van der Waals surface area contributed by atoms with E-state index in [0.717, 1.165) is 0 Å². The molecule has 4 rings (SSSR count). The van der Waals surface area contributed by atoms with Crippen LogP contribution < -0.4 is 19.7 Å². The first kappa shape index (κ1) is 21.1. The van der Waals surface area contributed by atoms with Crippen LogP contribution in [-0.4, -0.2) is 31.3 Å². The van der Waals surface area contributed by atoms with Crippen molar-refractivity contribution in [2.24, 2.45) is 0 Å². The third kappa shape index (κ3) is 4.78. The fraction of sp³-hybridized carbons (Fsp3) is 0.160. The summed E-state index contributed by atoms with van der Waals surface area (Å²) in [5, 5.41) is 2.81. The molecule has 0 fully saturated rings. The number of carbonyl (C=O) groups excluding carboxylic acids is 3. The summed E-state index contributed by atoms with van der Waals surface area (Å²) in [6.07, 6.45) is 0.0473. The minimum atomic E-state index is -0.295. The van der Waals surface area contributed by atoms with E-state index in [-0.39, 0.29) is 37.0 Å². The second-order valence-electron chi connectivity index (χ2n) is 7.31. The molecule has 1 aliphatic rings. The van der Waals surface area contributed by atoms with Gasteiger partial charge in [0.15, 0.2) is 18.1 Å². The van der Waals surface area contributed by atoms with Crippen molar-refractivity contribution < 1.29 is 23.9 Å². The smallest absolute Gasteiger partial charge is 0.264 e. The maximum Gasteiger partial charge on any atom is 0.264 e. The predicted octanol–water partition coefficient (Wildman–Crippen LogP) is 4.44. The highest BCUT2D eigenvalue weighted by atomic mass is 16.5.